The van der Waals surface area contributed by atoms with Crippen LogP contribution in [0.25, 0.3) is 11.0 Å². The van der Waals surface area contributed by atoms with Gasteiger partial charge in [0.2, 0.25) is 0 Å². The number of nitrogens with one attached hydrogen (secondary N) is 1. The van der Waals surface area contributed by atoms with Gasteiger partial charge in [-0.1, -0.05) is 31.0 Å². The van der Waals surface area contributed by atoms with Crippen molar-refractivity contribution < 1.29 is 4.42 Å². The van der Waals surface area contributed by atoms with Crippen LogP contribution in [0.15, 0.2) is 34.9 Å². The number of para-hydroxylation sites is 1. The van der Waals surface area contributed by atoms with Crippen LogP contribution in [0.1, 0.15) is 38.2 Å². The van der Waals surface area contributed by atoms with Crippen LogP contribution < -0.4 is 5.32 Å². The van der Waals surface area contributed by atoms with E-state index in [4.69, 9.17) is 4.42 Å². The summed E-state index contributed by atoms with van der Waals surface area (Å²) >= 11 is 0. The van der Waals surface area contributed by atoms with Crippen molar-refractivity contribution in [1.82, 2.24) is 5.32 Å². The molecule has 0 amide bonds. The number of rotatable bonds is 4. The number of fused-ring (bicyclic) bond motifs is 1. The fraction of sp³-hybridized carbons (Fsp3) is 0.500. The highest BCUT2D eigenvalue weighted by Crippen LogP contribution is 2.28. The number of hydrogen-bond donors (Lipinski definition) is 1. The SMILES string of the molecule is C[C@H](NCc1coc2ccccc12)C1CCCC1. The molecular formula is C16H21NO. The first-order valence-corrected chi connectivity index (χ1v) is 7.03. The second-order valence-corrected chi connectivity index (χ2v) is 5.47. The van der Waals surface area contributed by atoms with Crippen LogP contribution in [0.2, 0.25) is 0 Å². The van der Waals surface area contributed by atoms with E-state index in [2.05, 4.69) is 24.4 Å². The Balaban J connectivity index is 1.65. The second-order valence-electron chi connectivity index (χ2n) is 5.47. The average molecular weight is 243 g/mol. The molecule has 0 radical (unpaired) electrons. The molecule has 1 atom stereocenters. The molecule has 1 aliphatic carbocycles. The smallest absolute Gasteiger partial charge is 0.134 e. The zero-order chi connectivity index (χ0) is 12.4. The van der Waals surface area contributed by atoms with E-state index in [-0.39, 0.29) is 0 Å². The van der Waals surface area contributed by atoms with E-state index >= 15 is 0 Å². The highest BCUT2D eigenvalue weighted by atomic mass is 16.3. The van der Waals surface area contributed by atoms with Crippen molar-refractivity contribution in [2.45, 2.75) is 45.2 Å². The molecule has 2 nitrogen and oxygen atoms in total. The van der Waals surface area contributed by atoms with Gasteiger partial charge < -0.3 is 9.73 Å². The minimum atomic E-state index is 0.612. The summed E-state index contributed by atoms with van der Waals surface area (Å²) in [6, 6.07) is 8.86. The molecule has 0 bridgehead atoms. The largest absolute Gasteiger partial charge is 0.464 e. The molecule has 1 N–H and O–H groups in total. The van der Waals surface area contributed by atoms with Crippen LogP contribution in [0.4, 0.5) is 0 Å². The third kappa shape index (κ3) is 2.30. The van der Waals surface area contributed by atoms with Gasteiger partial charge in [-0.25, -0.2) is 0 Å². The van der Waals surface area contributed by atoms with Gasteiger partial charge in [0.1, 0.15) is 5.58 Å². The number of hydrogen-bond acceptors (Lipinski definition) is 2. The normalized spacial score (nSPS) is 18.5. The Labute approximate surface area is 108 Å². The summed E-state index contributed by atoms with van der Waals surface area (Å²) in [6.45, 7) is 3.23. The zero-order valence-electron chi connectivity index (χ0n) is 11.0. The van der Waals surface area contributed by atoms with E-state index in [0.29, 0.717) is 6.04 Å². The van der Waals surface area contributed by atoms with Crippen LogP contribution in [-0.2, 0) is 6.54 Å². The van der Waals surface area contributed by atoms with E-state index < -0.39 is 0 Å². The molecule has 0 aliphatic heterocycles. The standard InChI is InChI=1S/C16H21NO/c1-12(13-6-2-3-7-13)17-10-14-11-18-16-9-5-4-8-15(14)16/h4-5,8-9,11-13,17H,2-3,6-7,10H2,1H3/t12-/m0/s1. The summed E-state index contributed by atoms with van der Waals surface area (Å²) in [4.78, 5) is 0. The lowest BCUT2D eigenvalue weighted by atomic mass is 9.99. The predicted octanol–water partition coefficient (Wildman–Crippen LogP) is 4.10. The van der Waals surface area contributed by atoms with E-state index in [0.717, 1.165) is 18.0 Å². The minimum absolute atomic E-state index is 0.612. The Morgan fingerprint density at radius 1 is 1.28 bits per heavy atom. The zero-order valence-corrected chi connectivity index (χ0v) is 11.0. The van der Waals surface area contributed by atoms with Crippen molar-refractivity contribution in [3.63, 3.8) is 0 Å². The lowest BCUT2D eigenvalue weighted by Gasteiger charge is -2.20. The van der Waals surface area contributed by atoms with Gasteiger partial charge in [0.15, 0.2) is 0 Å². The Morgan fingerprint density at radius 2 is 2.06 bits per heavy atom. The summed E-state index contributed by atoms with van der Waals surface area (Å²) in [7, 11) is 0. The second kappa shape index (κ2) is 5.15. The Bertz CT molecular complexity index is 511. The van der Waals surface area contributed by atoms with Crippen LogP contribution in [0.3, 0.4) is 0 Å². The van der Waals surface area contributed by atoms with Crippen molar-refractivity contribution in [3.8, 4) is 0 Å². The third-order valence-electron chi connectivity index (χ3n) is 4.28. The van der Waals surface area contributed by atoms with Gasteiger partial charge >= 0.3 is 0 Å². The predicted molar refractivity (Wildman–Crippen MR) is 74.5 cm³/mol. The van der Waals surface area contributed by atoms with Gasteiger partial charge in [0.05, 0.1) is 6.26 Å². The fourth-order valence-electron chi connectivity index (χ4n) is 3.06. The molecule has 18 heavy (non-hydrogen) atoms. The Morgan fingerprint density at radius 3 is 2.89 bits per heavy atom. The highest BCUT2D eigenvalue weighted by Gasteiger charge is 2.21. The van der Waals surface area contributed by atoms with Gasteiger partial charge in [0.25, 0.3) is 0 Å². The summed E-state index contributed by atoms with van der Waals surface area (Å²) in [5.41, 5.74) is 2.26. The monoisotopic (exact) mass is 243 g/mol. The minimum Gasteiger partial charge on any atom is -0.464 e. The molecule has 0 saturated heterocycles. The molecule has 0 unspecified atom stereocenters. The van der Waals surface area contributed by atoms with Crippen molar-refractivity contribution >= 4 is 11.0 Å². The topological polar surface area (TPSA) is 25.2 Å². The lowest BCUT2D eigenvalue weighted by molar-refractivity contribution is 0.380. The van der Waals surface area contributed by atoms with Crippen LogP contribution in [0, 0.1) is 5.92 Å². The van der Waals surface area contributed by atoms with E-state index in [1.165, 1.54) is 36.6 Å². The molecule has 1 aromatic heterocycles. The number of furan rings is 1. The number of benzene rings is 1. The first kappa shape index (κ1) is 11.8. The molecule has 1 heterocycles. The van der Waals surface area contributed by atoms with Gasteiger partial charge in [-0.05, 0) is 31.7 Å². The van der Waals surface area contributed by atoms with Crippen LogP contribution >= 0.6 is 0 Å². The molecule has 96 valence electrons. The van der Waals surface area contributed by atoms with Crippen molar-refractivity contribution in [2.24, 2.45) is 5.92 Å². The van der Waals surface area contributed by atoms with Crippen molar-refractivity contribution in [2.75, 3.05) is 0 Å². The van der Waals surface area contributed by atoms with Crippen molar-refractivity contribution in [1.29, 1.82) is 0 Å². The van der Waals surface area contributed by atoms with E-state index in [1.54, 1.807) is 0 Å². The highest BCUT2D eigenvalue weighted by molar-refractivity contribution is 5.80. The third-order valence-corrected chi connectivity index (χ3v) is 4.28. The summed E-state index contributed by atoms with van der Waals surface area (Å²) in [5.74, 6) is 0.864. The maximum atomic E-state index is 5.57. The van der Waals surface area contributed by atoms with Crippen LogP contribution in [0.5, 0.6) is 0 Å². The first-order chi connectivity index (χ1) is 8.84. The molecule has 1 aliphatic rings. The Kier molecular flexibility index (Phi) is 3.37. The molecule has 2 heteroatoms. The van der Waals surface area contributed by atoms with Gasteiger partial charge in [-0.2, -0.15) is 0 Å². The van der Waals surface area contributed by atoms with E-state index in [9.17, 15) is 0 Å². The molecule has 2 aromatic rings. The Hall–Kier alpha value is -1.28. The maximum Gasteiger partial charge on any atom is 0.134 e. The summed E-state index contributed by atoms with van der Waals surface area (Å²) in [5, 5.41) is 4.90. The van der Waals surface area contributed by atoms with Crippen molar-refractivity contribution in [3.05, 3.63) is 36.1 Å². The molecule has 0 spiro atoms. The summed E-state index contributed by atoms with van der Waals surface area (Å²) < 4.78 is 5.57. The van der Waals surface area contributed by atoms with Gasteiger partial charge in [-0.15, -0.1) is 0 Å². The average Bonchev–Trinajstić information content (AvgIpc) is 3.06. The first-order valence-electron chi connectivity index (χ1n) is 7.03. The van der Waals surface area contributed by atoms with Gasteiger partial charge in [-0.3, -0.25) is 0 Å². The summed E-state index contributed by atoms with van der Waals surface area (Å²) in [6.07, 6.45) is 7.48. The quantitative estimate of drug-likeness (QED) is 0.874. The maximum absolute atomic E-state index is 5.57. The van der Waals surface area contributed by atoms with Crippen LogP contribution in [-0.4, -0.2) is 6.04 Å². The van der Waals surface area contributed by atoms with E-state index in [1.807, 2.05) is 18.4 Å². The molecular weight excluding hydrogens is 222 g/mol. The molecule has 1 aromatic carbocycles. The van der Waals surface area contributed by atoms with Gasteiger partial charge in [0, 0.05) is 23.5 Å². The molecule has 3 rings (SSSR count). The molecule has 1 saturated carbocycles. The lowest BCUT2D eigenvalue weighted by Crippen LogP contribution is -2.31. The fourth-order valence-corrected chi connectivity index (χ4v) is 3.06. The molecule has 1 fully saturated rings.